The molecule has 1 N–H and O–H groups in total. The van der Waals surface area contributed by atoms with E-state index in [-0.39, 0.29) is 16.7 Å². The maximum Gasteiger partial charge on any atom is 0.292 e. The Balaban J connectivity index is 2.14. The third kappa shape index (κ3) is 3.81. The highest BCUT2D eigenvalue weighted by Crippen LogP contribution is 2.27. The second kappa shape index (κ2) is 6.88. The zero-order valence-electron chi connectivity index (χ0n) is 12.4. The van der Waals surface area contributed by atoms with Crippen LogP contribution in [0.5, 0.6) is 0 Å². The van der Waals surface area contributed by atoms with Crippen molar-refractivity contribution in [3.8, 4) is 0 Å². The molecule has 110 valence electrons. The van der Waals surface area contributed by atoms with Gasteiger partial charge in [0.05, 0.1) is 4.92 Å². The Hall–Kier alpha value is -2.36. The van der Waals surface area contributed by atoms with Crippen LogP contribution in [0, 0.1) is 10.1 Å². The molecule has 0 amide bonds. The summed E-state index contributed by atoms with van der Waals surface area (Å²) in [6.07, 6.45) is 2.20. The lowest BCUT2D eigenvalue weighted by molar-refractivity contribution is -0.384. The number of nitro benzene ring substituents is 1. The van der Waals surface area contributed by atoms with E-state index in [9.17, 15) is 10.1 Å². The molecule has 0 bridgehead atoms. The normalized spacial score (nSPS) is 11.9. The van der Waals surface area contributed by atoms with Crippen molar-refractivity contribution in [3.05, 3.63) is 69.8 Å². The minimum atomic E-state index is -0.362. The van der Waals surface area contributed by atoms with Gasteiger partial charge in [0.2, 0.25) is 0 Å². The van der Waals surface area contributed by atoms with Gasteiger partial charge >= 0.3 is 0 Å². The Morgan fingerprint density at radius 2 is 1.81 bits per heavy atom. The fourth-order valence-corrected chi connectivity index (χ4v) is 2.33. The SMILES string of the molecule is CCCc1ccc(C(C)Nc2ccccc2[N+](=O)[O-])cc1. The third-order valence-corrected chi connectivity index (χ3v) is 3.49. The van der Waals surface area contributed by atoms with Crippen molar-refractivity contribution >= 4 is 11.4 Å². The summed E-state index contributed by atoms with van der Waals surface area (Å²) >= 11 is 0. The lowest BCUT2D eigenvalue weighted by Crippen LogP contribution is -2.08. The maximum atomic E-state index is 11.0. The molecule has 2 rings (SSSR count). The summed E-state index contributed by atoms with van der Waals surface area (Å²) in [7, 11) is 0. The number of hydrogen-bond donors (Lipinski definition) is 1. The highest BCUT2D eigenvalue weighted by atomic mass is 16.6. The maximum absolute atomic E-state index is 11.0. The van der Waals surface area contributed by atoms with Gasteiger partial charge in [0.25, 0.3) is 5.69 Å². The van der Waals surface area contributed by atoms with Crippen molar-refractivity contribution in [1.29, 1.82) is 0 Å². The fourth-order valence-electron chi connectivity index (χ4n) is 2.33. The van der Waals surface area contributed by atoms with Crippen LogP contribution in [0.4, 0.5) is 11.4 Å². The molecule has 0 heterocycles. The third-order valence-electron chi connectivity index (χ3n) is 3.49. The van der Waals surface area contributed by atoms with Crippen LogP contribution < -0.4 is 5.32 Å². The lowest BCUT2D eigenvalue weighted by atomic mass is 10.0. The molecule has 0 aromatic heterocycles. The molecular formula is C17H20N2O2. The predicted molar refractivity (Wildman–Crippen MR) is 85.6 cm³/mol. The number of hydrogen-bond acceptors (Lipinski definition) is 3. The van der Waals surface area contributed by atoms with Gasteiger partial charge in [-0.1, -0.05) is 49.7 Å². The van der Waals surface area contributed by atoms with Crippen molar-refractivity contribution in [1.82, 2.24) is 0 Å². The van der Waals surface area contributed by atoms with Crippen molar-refractivity contribution in [2.45, 2.75) is 32.7 Å². The van der Waals surface area contributed by atoms with Crippen LogP contribution in [-0.4, -0.2) is 4.92 Å². The molecule has 1 atom stereocenters. The highest BCUT2D eigenvalue weighted by Gasteiger charge is 2.14. The molecule has 4 heteroatoms. The number of benzene rings is 2. The molecule has 2 aromatic carbocycles. The Morgan fingerprint density at radius 3 is 2.43 bits per heavy atom. The first-order valence-electron chi connectivity index (χ1n) is 7.20. The quantitative estimate of drug-likeness (QED) is 0.616. The Morgan fingerprint density at radius 1 is 1.14 bits per heavy atom. The molecule has 21 heavy (non-hydrogen) atoms. The number of anilines is 1. The summed E-state index contributed by atoms with van der Waals surface area (Å²) in [4.78, 5) is 10.7. The molecule has 4 nitrogen and oxygen atoms in total. The molecule has 0 spiro atoms. The Bertz CT molecular complexity index is 608. The largest absolute Gasteiger partial charge is 0.373 e. The summed E-state index contributed by atoms with van der Waals surface area (Å²) in [6.45, 7) is 4.16. The second-order valence-corrected chi connectivity index (χ2v) is 5.13. The minimum absolute atomic E-state index is 0.0155. The number of nitrogens with zero attached hydrogens (tertiary/aromatic N) is 1. The molecule has 0 radical (unpaired) electrons. The average Bonchev–Trinajstić information content (AvgIpc) is 2.48. The fraction of sp³-hybridized carbons (Fsp3) is 0.294. The first-order chi connectivity index (χ1) is 10.1. The van der Waals surface area contributed by atoms with Gasteiger partial charge in [-0.15, -0.1) is 0 Å². The zero-order valence-corrected chi connectivity index (χ0v) is 12.4. The van der Waals surface area contributed by atoms with Gasteiger partial charge in [-0.3, -0.25) is 10.1 Å². The molecule has 0 aliphatic carbocycles. The Kier molecular flexibility index (Phi) is 4.93. The van der Waals surface area contributed by atoms with Crippen molar-refractivity contribution < 1.29 is 4.92 Å². The van der Waals surface area contributed by atoms with Crippen LogP contribution in [0.3, 0.4) is 0 Å². The van der Waals surface area contributed by atoms with E-state index in [1.807, 2.05) is 6.92 Å². The van der Waals surface area contributed by atoms with Crippen LogP contribution in [-0.2, 0) is 6.42 Å². The smallest absolute Gasteiger partial charge is 0.292 e. The van der Waals surface area contributed by atoms with Crippen molar-refractivity contribution in [2.75, 3.05) is 5.32 Å². The summed E-state index contributed by atoms with van der Waals surface area (Å²) in [5.41, 5.74) is 3.09. The van der Waals surface area contributed by atoms with Crippen LogP contribution in [0.2, 0.25) is 0 Å². The summed E-state index contributed by atoms with van der Waals surface area (Å²) in [5.74, 6) is 0. The number of nitro groups is 1. The molecule has 0 aliphatic rings. The van der Waals surface area contributed by atoms with E-state index in [0.717, 1.165) is 18.4 Å². The number of nitrogens with one attached hydrogen (secondary N) is 1. The number of aryl methyl sites for hydroxylation is 1. The van der Waals surface area contributed by atoms with Gasteiger partial charge in [-0.2, -0.15) is 0 Å². The monoisotopic (exact) mass is 284 g/mol. The lowest BCUT2D eigenvalue weighted by Gasteiger charge is -2.16. The number of para-hydroxylation sites is 2. The van der Waals surface area contributed by atoms with Gasteiger partial charge in [0.1, 0.15) is 5.69 Å². The molecular weight excluding hydrogens is 264 g/mol. The molecule has 1 unspecified atom stereocenters. The van der Waals surface area contributed by atoms with Gasteiger partial charge in [0, 0.05) is 12.1 Å². The van der Waals surface area contributed by atoms with E-state index in [1.54, 1.807) is 18.2 Å². The van der Waals surface area contributed by atoms with Gasteiger partial charge < -0.3 is 5.32 Å². The predicted octanol–water partition coefficient (Wildman–Crippen LogP) is 4.72. The summed E-state index contributed by atoms with van der Waals surface area (Å²) in [5, 5.41) is 14.2. The van der Waals surface area contributed by atoms with E-state index < -0.39 is 0 Å². The first kappa shape index (κ1) is 15.0. The van der Waals surface area contributed by atoms with E-state index >= 15 is 0 Å². The molecule has 0 saturated heterocycles. The molecule has 0 aliphatic heterocycles. The first-order valence-corrected chi connectivity index (χ1v) is 7.20. The van der Waals surface area contributed by atoms with Crippen LogP contribution >= 0.6 is 0 Å². The second-order valence-electron chi connectivity index (χ2n) is 5.13. The minimum Gasteiger partial charge on any atom is -0.373 e. The van der Waals surface area contributed by atoms with Crippen LogP contribution in [0.1, 0.15) is 37.4 Å². The molecule has 2 aromatic rings. The van der Waals surface area contributed by atoms with E-state index in [1.165, 1.54) is 11.6 Å². The molecule has 0 saturated carbocycles. The van der Waals surface area contributed by atoms with Crippen LogP contribution in [0.15, 0.2) is 48.5 Å². The topological polar surface area (TPSA) is 55.2 Å². The van der Waals surface area contributed by atoms with E-state index in [4.69, 9.17) is 0 Å². The Labute approximate surface area is 125 Å². The standard InChI is InChI=1S/C17H20N2O2/c1-3-6-14-9-11-15(12-10-14)13(2)18-16-7-4-5-8-17(16)19(20)21/h4-5,7-13,18H,3,6H2,1-2H3. The van der Waals surface area contributed by atoms with Gasteiger partial charge in [-0.25, -0.2) is 0 Å². The highest BCUT2D eigenvalue weighted by molar-refractivity contribution is 5.62. The van der Waals surface area contributed by atoms with E-state index in [2.05, 4.69) is 36.5 Å². The van der Waals surface area contributed by atoms with Crippen molar-refractivity contribution in [2.24, 2.45) is 0 Å². The number of rotatable bonds is 6. The van der Waals surface area contributed by atoms with Gasteiger partial charge in [0.15, 0.2) is 0 Å². The van der Waals surface area contributed by atoms with E-state index in [0.29, 0.717) is 5.69 Å². The molecule has 0 fully saturated rings. The van der Waals surface area contributed by atoms with Crippen LogP contribution in [0.25, 0.3) is 0 Å². The zero-order chi connectivity index (χ0) is 15.2. The summed E-state index contributed by atoms with van der Waals surface area (Å²) in [6, 6.07) is 15.1. The van der Waals surface area contributed by atoms with Gasteiger partial charge in [-0.05, 0) is 30.5 Å². The van der Waals surface area contributed by atoms with Crippen molar-refractivity contribution in [3.63, 3.8) is 0 Å². The summed E-state index contributed by atoms with van der Waals surface area (Å²) < 4.78 is 0. The average molecular weight is 284 g/mol.